The Bertz CT molecular complexity index is 803. The van der Waals surface area contributed by atoms with Crippen LogP contribution >= 0.6 is 0 Å². The molecule has 0 saturated carbocycles. The molecule has 1 atom stereocenters. The van der Waals surface area contributed by atoms with E-state index in [2.05, 4.69) is 25.8 Å². The summed E-state index contributed by atoms with van der Waals surface area (Å²) in [5, 5.41) is 14.3. The highest BCUT2D eigenvalue weighted by Crippen LogP contribution is 2.31. The van der Waals surface area contributed by atoms with Crippen molar-refractivity contribution in [3.8, 4) is 5.75 Å². The van der Waals surface area contributed by atoms with Crippen molar-refractivity contribution in [3.63, 3.8) is 0 Å². The van der Waals surface area contributed by atoms with Gasteiger partial charge in [-0.1, -0.05) is 13.0 Å². The SMILES string of the molecule is CCC(CNC(=NC)NCc1nnc(C)n1C)Oc1cccc(C(F)(F)F)c1. The molecule has 2 rings (SSSR count). The van der Waals surface area contributed by atoms with E-state index >= 15 is 0 Å². The van der Waals surface area contributed by atoms with E-state index in [1.54, 1.807) is 7.05 Å². The van der Waals surface area contributed by atoms with Crippen LogP contribution in [0.3, 0.4) is 0 Å². The molecule has 0 bridgehead atoms. The summed E-state index contributed by atoms with van der Waals surface area (Å²) < 4.78 is 46.1. The van der Waals surface area contributed by atoms with Gasteiger partial charge in [0.2, 0.25) is 0 Å². The van der Waals surface area contributed by atoms with Gasteiger partial charge in [0.05, 0.1) is 18.7 Å². The molecular weight excluding hydrogens is 373 g/mol. The van der Waals surface area contributed by atoms with Gasteiger partial charge in [-0.15, -0.1) is 10.2 Å². The monoisotopic (exact) mass is 398 g/mol. The Balaban J connectivity index is 1.90. The number of nitrogens with zero attached hydrogens (tertiary/aromatic N) is 4. The van der Waals surface area contributed by atoms with E-state index in [1.807, 2.05) is 25.5 Å². The predicted octanol–water partition coefficient (Wildman–Crippen LogP) is 2.66. The van der Waals surface area contributed by atoms with Gasteiger partial charge in [-0.05, 0) is 31.5 Å². The minimum absolute atomic E-state index is 0.181. The van der Waals surface area contributed by atoms with Gasteiger partial charge in [0.15, 0.2) is 11.8 Å². The molecule has 1 aromatic carbocycles. The summed E-state index contributed by atoms with van der Waals surface area (Å²) in [5.41, 5.74) is -0.732. The first-order valence-electron chi connectivity index (χ1n) is 8.87. The number of aryl methyl sites for hydroxylation is 1. The molecule has 7 nitrogen and oxygen atoms in total. The topological polar surface area (TPSA) is 76.4 Å². The van der Waals surface area contributed by atoms with Gasteiger partial charge in [-0.2, -0.15) is 13.2 Å². The number of halogens is 3. The first-order valence-corrected chi connectivity index (χ1v) is 8.87. The summed E-state index contributed by atoms with van der Waals surface area (Å²) in [6.07, 6.45) is -4.11. The lowest BCUT2D eigenvalue weighted by Crippen LogP contribution is -2.42. The van der Waals surface area contributed by atoms with Crippen LogP contribution in [-0.2, 0) is 19.8 Å². The highest BCUT2D eigenvalue weighted by atomic mass is 19.4. The maximum Gasteiger partial charge on any atom is 0.416 e. The van der Waals surface area contributed by atoms with Crippen LogP contribution in [-0.4, -0.2) is 40.4 Å². The molecule has 0 spiro atoms. The van der Waals surface area contributed by atoms with E-state index < -0.39 is 11.7 Å². The largest absolute Gasteiger partial charge is 0.489 e. The molecule has 0 aliphatic carbocycles. The number of hydrogen-bond acceptors (Lipinski definition) is 4. The lowest BCUT2D eigenvalue weighted by molar-refractivity contribution is -0.137. The third kappa shape index (κ3) is 5.86. The maximum absolute atomic E-state index is 12.8. The Kier molecular flexibility index (Phi) is 7.24. The molecule has 0 fully saturated rings. The molecule has 1 aromatic heterocycles. The molecule has 154 valence electrons. The van der Waals surface area contributed by atoms with Crippen LogP contribution in [0.15, 0.2) is 29.3 Å². The Morgan fingerprint density at radius 2 is 2.04 bits per heavy atom. The van der Waals surface area contributed by atoms with Crippen LogP contribution in [0.1, 0.15) is 30.6 Å². The fourth-order valence-electron chi connectivity index (χ4n) is 2.41. The average Bonchev–Trinajstić information content (AvgIpc) is 2.98. The van der Waals surface area contributed by atoms with Crippen LogP contribution < -0.4 is 15.4 Å². The van der Waals surface area contributed by atoms with Crippen molar-refractivity contribution in [2.75, 3.05) is 13.6 Å². The number of rotatable bonds is 7. The molecule has 10 heteroatoms. The summed E-state index contributed by atoms with van der Waals surface area (Å²) in [4.78, 5) is 4.13. The average molecular weight is 398 g/mol. The molecular formula is C18H25F3N6O. The number of aliphatic imine (C=N–C) groups is 1. The van der Waals surface area contributed by atoms with Crippen molar-refractivity contribution in [2.45, 2.75) is 39.1 Å². The smallest absolute Gasteiger partial charge is 0.416 e. The molecule has 0 aliphatic heterocycles. The molecule has 0 radical (unpaired) electrons. The second kappa shape index (κ2) is 9.43. The Labute approximate surface area is 162 Å². The van der Waals surface area contributed by atoms with Gasteiger partial charge >= 0.3 is 6.18 Å². The Morgan fingerprint density at radius 1 is 1.29 bits per heavy atom. The number of hydrogen-bond donors (Lipinski definition) is 2. The first kappa shape index (κ1) is 21.5. The molecule has 1 heterocycles. The number of alkyl halides is 3. The van der Waals surface area contributed by atoms with Crippen LogP contribution in [0.2, 0.25) is 0 Å². The summed E-state index contributed by atoms with van der Waals surface area (Å²) in [5.74, 6) is 2.28. The van der Waals surface area contributed by atoms with E-state index in [-0.39, 0.29) is 11.9 Å². The van der Waals surface area contributed by atoms with Crippen LogP contribution in [0.25, 0.3) is 0 Å². The number of benzene rings is 1. The third-order valence-corrected chi connectivity index (χ3v) is 4.24. The lowest BCUT2D eigenvalue weighted by atomic mass is 10.2. The van der Waals surface area contributed by atoms with Crippen molar-refractivity contribution in [1.82, 2.24) is 25.4 Å². The van der Waals surface area contributed by atoms with Crippen molar-refractivity contribution in [1.29, 1.82) is 0 Å². The fraction of sp³-hybridized carbons (Fsp3) is 0.500. The minimum Gasteiger partial charge on any atom is -0.489 e. The second-order valence-corrected chi connectivity index (χ2v) is 6.20. The predicted molar refractivity (Wildman–Crippen MR) is 100 cm³/mol. The quantitative estimate of drug-likeness (QED) is 0.554. The van der Waals surface area contributed by atoms with Gasteiger partial charge in [0, 0.05) is 14.1 Å². The van der Waals surface area contributed by atoms with Crippen LogP contribution in [0.4, 0.5) is 13.2 Å². The number of nitrogens with one attached hydrogen (secondary N) is 2. The van der Waals surface area contributed by atoms with Crippen molar-refractivity contribution < 1.29 is 17.9 Å². The van der Waals surface area contributed by atoms with Gasteiger partial charge in [0.1, 0.15) is 17.7 Å². The van der Waals surface area contributed by atoms with Gasteiger partial charge < -0.3 is 19.9 Å². The summed E-state index contributed by atoms with van der Waals surface area (Å²) in [7, 11) is 3.50. The van der Waals surface area contributed by atoms with Crippen molar-refractivity contribution in [3.05, 3.63) is 41.5 Å². The number of aromatic nitrogens is 3. The molecule has 0 saturated heterocycles. The Hall–Kier alpha value is -2.78. The molecule has 0 aliphatic rings. The highest BCUT2D eigenvalue weighted by Gasteiger charge is 2.30. The zero-order valence-electron chi connectivity index (χ0n) is 16.3. The normalized spacial score (nSPS) is 13.3. The standard InChI is InChI=1S/C18H25F3N6O/c1-5-14(28-15-8-6-7-13(9-15)18(19,20)21)10-23-17(22-3)24-11-16-26-25-12(2)27(16)4/h6-9,14H,5,10-11H2,1-4H3,(H2,22,23,24). The van der Waals surface area contributed by atoms with Gasteiger partial charge in [0.25, 0.3) is 0 Å². The van der Waals surface area contributed by atoms with Crippen molar-refractivity contribution in [2.24, 2.45) is 12.0 Å². The summed E-state index contributed by atoms with van der Waals surface area (Å²) in [6, 6.07) is 4.88. The summed E-state index contributed by atoms with van der Waals surface area (Å²) in [6.45, 7) is 4.57. The zero-order chi connectivity index (χ0) is 20.7. The highest BCUT2D eigenvalue weighted by molar-refractivity contribution is 5.79. The second-order valence-electron chi connectivity index (χ2n) is 6.20. The van der Waals surface area contributed by atoms with Crippen LogP contribution in [0, 0.1) is 6.92 Å². The first-order chi connectivity index (χ1) is 13.2. The third-order valence-electron chi connectivity index (χ3n) is 4.24. The van der Waals surface area contributed by atoms with Gasteiger partial charge in [-0.25, -0.2) is 0 Å². The fourth-order valence-corrected chi connectivity index (χ4v) is 2.41. The van der Waals surface area contributed by atoms with Gasteiger partial charge in [-0.3, -0.25) is 4.99 Å². The molecule has 2 N–H and O–H groups in total. The molecule has 28 heavy (non-hydrogen) atoms. The van der Waals surface area contributed by atoms with E-state index in [9.17, 15) is 13.2 Å². The molecule has 0 amide bonds. The maximum atomic E-state index is 12.8. The Morgan fingerprint density at radius 3 is 2.61 bits per heavy atom. The molecule has 1 unspecified atom stereocenters. The lowest BCUT2D eigenvalue weighted by Gasteiger charge is -2.20. The van der Waals surface area contributed by atoms with E-state index in [4.69, 9.17) is 4.74 Å². The minimum atomic E-state index is -4.40. The molecule has 2 aromatic rings. The van der Waals surface area contributed by atoms with E-state index in [0.29, 0.717) is 25.5 Å². The number of ether oxygens (including phenoxy) is 1. The van der Waals surface area contributed by atoms with E-state index in [0.717, 1.165) is 23.8 Å². The van der Waals surface area contributed by atoms with Crippen molar-refractivity contribution >= 4 is 5.96 Å². The van der Waals surface area contributed by atoms with E-state index in [1.165, 1.54) is 12.1 Å². The zero-order valence-corrected chi connectivity index (χ0v) is 16.3. The number of guanidine groups is 1. The summed E-state index contributed by atoms with van der Waals surface area (Å²) >= 11 is 0. The van der Waals surface area contributed by atoms with Crippen LogP contribution in [0.5, 0.6) is 5.75 Å².